The quantitative estimate of drug-likeness (QED) is 0.197. The van der Waals surface area contributed by atoms with Crippen molar-refractivity contribution in [1.29, 1.82) is 0 Å². The van der Waals surface area contributed by atoms with Crippen LogP contribution >= 0.6 is 11.8 Å². The van der Waals surface area contributed by atoms with Crippen molar-refractivity contribution in [2.45, 2.75) is 89.2 Å². The first kappa shape index (κ1) is 26.1. The predicted octanol–water partition coefficient (Wildman–Crippen LogP) is 6.46. The van der Waals surface area contributed by atoms with Crippen molar-refractivity contribution in [1.82, 2.24) is 20.6 Å². The van der Waals surface area contributed by atoms with Crippen LogP contribution in [-0.2, 0) is 11.2 Å². The van der Waals surface area contributed by atoms with Gasteiger partial charge in [0.25, 0.3) is 0 Å². The Kier molecular flexibility index (Phi) is 13.4. The summed E-state index contributed by atoms with van der Waals surface area (Å²) in [5.74, 6) is 0.462. The zero-order chi connectivity index (χ0) is 22.9. The molecule has 1 unspecified atom stereocenters. The molecule has 0 saturated carbocycles. The summed E-state index contributed by atoms with van der Waals surface area (Å²) in [5, 5.41) is 23.5. The lowest BCUT2D eigenvalue weighted by atomic mass is 10.0. The zero-order valence-corrected chi connectivity index (χ0v) is 20.2. The number of unbranched alkanes of at least 4 members (excludes halogenated alkanes) is 9. The zero-order valence-electron chi connectivity index (χ0n) is 19.3. The van der Waals surface area contributed by atoms with E-state index in [1.807, 2.05) is 12.1 Å². The number of benzene rings is 1. The molecular formula is C25H38N4O2S. The molecule has 0 aliphatic carbocycles. The van der Waals surface area contributed by atoms with Crippen LogP contribution in [0.3, 0.4) is 0 Å². The highest BCUT2D eigenvalue weighted by molar-refractivity contribution is 8.00. The number of aromatic amines is 1. The lowest BCUT2D eigenvalue weighted by molar-refractivity contribution is -0.136. The molecule has 1 aromatic carbocycles. The Morgan fingerprint density at radius 2 is 1.88 bits per heavy atom. The van der Waals surface area contributed by atoms with Crippen molar-refractivity contribution in [2.75, 3.05) is 5.75 Å². The fraction of sp³-hybridized carbons (Fsp3) is 0.600. The van der Waals surface area contributed by atoms with E-state index >= 15 is 0 Å². The highest BCUT2D eigenvalue weighted by atomic mass is 32.2. The lowest BCUT2D eigenvalue weighted by Crippen LogP contribution is -2.07. The van der Waals surface area contributed by atoms with Crippen LogP contribution in [0.4, 0.5) is 0 Å². The van der Waals surface area contributed by atoms with Crippen molar-refractivity contribution < 1.29 is 9.90 Å². The van der Waals surface area contributed by atoms with Crippen molar-refractivity contribution in [2.24, 2.45) is 0 Å². The van der Waals surface area contributed by atoms with Crippen LogP contribution in [-0.4, -0.2) is 42.7 Å². The Morgan fingerprint density at radius 1 is 1.12 bits per heavy atom. The van der Waals surface area contributed by atoms with Crippen LogP contribution < -0.4 is 0 Å². The molecule has 0 aliphatic rings. The van der Waals surface area contributed by atoms with Crippen LogP contribution in [0.5, 0.6) is 0 Å². The molecular weight excluding hydrogens is 420 g/mol. The first-order valence-corrected chi connectivity index (χ1v) is 13.1. The number of carboxylic acid groups (broad SMARTS) is 1. The summed E-state index contributed by atoms with van der Waals surface area (Å²) in [6.45, 7) is 2.26. The number of hydrogen-bond donors (Lipinski definition) is 2. The topological polar surface area (TPSA) is 91.8 Å². The second kappa shape index (κ2) is 16.5. The van der Waals surface area contributed by atoms with Gasteiger partial charge in [0.15, 0.2) is 0 Å². The summed E-state index contributed by atoms with van der Waals surface area (Å²) < 4.78 is 0. The minimum absolute atomic E-state index is 0.191. The molecule has 32 heavy (non-hydrogen) atoms. The van der Waals surface area contributed by atoms with Gasteiger partial charge in [0, 0.05) is 16.6 Å². The molecule has 2 rings (SSSR count). The smallest absolute Gasteiger partial charge is 0.304 e. The SMILES string of the molecule is CCCCCCCCCCC/C=C\C(Cc1cccc(-c2nn[nH]n2)c1)SCCC(=O)O. The number of rotatable bonds is 18. The molecule has 6 nitrogen and oxygen atoms in total. The van der Waals surface area contributed by atoms with E-state index in [-0.39, 0.29) is 11.7 Å². The van der Waals surface area contributed by atoms with Gasteiger partial charge in [0.05, 0.1) is 6.42 Å². The number of H-pyrrole nitrogens is 1. The fourth-order valence-electron chi connectivity index (χ4n) is 3.65. The average Bonchev–Trinajstić information content (AvgIpc) is 3.32. The summed E-state index contributed by atoms with van der Waals surface area (Å²) in [6, 6.07) is 8.17. The Balaban J connectivity index is 1.77. The number of aromatic nitrogens is 4. The third-order valence-electron chi connectivity index (χ3n) is 5.44. The van der Waals surface area contributed by atoms with E-state index < -0.39 is 5.97 Å². The van der Waals surface area contributed by atoms with Crippen LogP contribution in [0.1, 0.15) is 83.1 Å². The minimum Gasteiger partial charge on any atom is -0.481 e. The van der Waals surface area contributed by atoms with E-state index in [0.29, 0.717) is 11.6 Å². The maximum absolute atomic E-state index is 10.9. The number of carboxylic acids is 1. The summed E-state index contributed by atoms with van der Waals surface area (Å²) in [5.41, 5.74) is 2.12. The summed E-state index contributed by atoms with van der Waals surface area (Å²) >= 11 is 1.71. The monoisotopic (exact) mass is 458 g/mol. The lowest BCUT2D eigenvalue weighted by Gasteiger charge is -2.13. The Morgan fingerprint density at radius 3 is 2.56 bits per heavy atom. The van der Waals surface area contributed by atoms with Gasteiger partial charge in [-0.1, -0.05) is 88.6 Å². The number of allylic oxidation sites excluding steroid dienone is 1. The van der Waals surface area contributed by atoms with Gasteiger partial charge in [-0.3, -0.25) is 4.79 Å². The molecule has 0 saturated heterocycles. The third-order valence-corrected chi connectivity index (χ3v) is 6.63. The van der Waals surface area contributed by atoms with Crippen LogP contribution in [0.25, 0.3) is 11.4 Å². The van der Waals surface area contributed by atoms with Gasteiger partial charge in [-0.05, 0) is 36.1 Å². The number of carbonyl (C=O) groups is 1. The molecule has 2 aromatic rings. The predicted molar refractivity (Wildman–Crippen MR) is 133 cm³/mol. The molecule has 0 fully saturated rings. The van der Waals surface area contributed by atoms with E-state index in [4.69, 9.17) is 5.11 Å². The first-order chi connectivity index (χ1) is 15.7. The van der Waals surface area contributed by atoms with E-state index in [0.717, 1.165) is 18.4 Å². The van der Waals surface area contributed by atoms with Crippen molar-refractivity contribution in [3.05, 3.63) is 42.0 Å². The number of thioether (sulfide) groups is 1. The maximum atomic E-state index is 10.9. The first-order valence-electron chi connectivity index (χ1n) is 12.0. The van der Waals surface area contributed by atoms with E-state index in [2.05, 4.69) is 51.8 Å². The van der Waals surface area contributed by atoms with Crippen LogP contribution in [0, 0.1) is 0 Å². The highest BCUT2D eigenvalue weighted by Gasteiger charge is 2.10. The number of hydrogen-bond acceptors (Lipinski definition) is 5. The fourth-order valence-corrected chi connectivity index (χ4v) is 4.78. The highest BCUT2D eigenvalue weighted by Crippen LogP contribution is 2.22. The van der Waals surface area contributed by atoms with E-state index in [9.17, 15) is 4.79 Å². The Bertz CT molecular complexity index is 780. The Labute approximate surface area is 196 Å². The van der Waals surface area contributed by atoms with Gasteiger partial charge in [-0.15, -0.1) is 10.2 Å². The second-order valence-electron chi connectivity index (χ2n) is 8.24. The molecule has 0 bridgehead atoms. The van der Waals surface area contributed by atoms with Gasteiger partial charge in [-0.25, -0.2) is 0 Å². The molecule has 1 atom stereocenters. The van der Waals surface area contributed by atoms with E-state index in [1.54, 1.807) is 11.8 Å². The number of nitrogens with zero attached hydrogens (tertiary/aromatic N) is 3. The largest absolute Gasteiger partial charge is 0.481 e. The van der Waals surface area contributed by atoms with Crippen molar-refractivity contribution >= 4 is 17.7 Å². The molecule has 1 heterocycles. The van der Waals surface area contributed by atoms with Gasteiger partial charge in [0.1, 0.15) is 0 Å². The molecule has 176 valence electrons. The minimum atomic E-state index is -0.742. The molecule has 2 N–H and O–H groups in total. The van der Waals surface area contributed by atoms with E-state index in [1.165, 1.54) is 63.4 Å². The third kappa shape index (κ3) is 11.5. The second-order valence-corrected chi connectivity index (χ2v) is 9.59. The average molecular weight is 459 g/mol. The van der Waals surface area contributed by atoms with Gasteiger partial charge in [-0.2, -0.15) is 17.0 Å². The van der Waals surface area contributed by atoms with Crippen LogP contribution in [0.2, 0.25) is 0 Å². The molecule has 1 aromatic heterocycles. The van der Waals surface area contributed by atoms with Crippen LogP contribution in [0.15, 0.2) is 36.4 Å². The molecule has 0 spiro atoms. The van der Waals surface area contributed by atoms with Crippen molar-refractivity contribution in [3.8, 4) is 11.4 Å². The molecule has 7 heteroatoms. The molecule has 0 amide bonds. The molecule has 0 aliphatic heterocycles. The summed E-state index contributed by atoms with van der Waals surface area (Å²) in [4.78, 5) is 10.9. The maximum Gasteiger partial charge on any atom is 0.304 e. The van der Waals surface area contributed by atoms with Crippen molar-refractivity contribution in [3.63, 3.8) is 0 Å². The van der Waals surface area contributed by atoms with Gasteiger partial charge < -0.3 is 5.11 Å². The number of nitrogens with one attached hydrogen (secondary N) is 1. The molecule has 0 radical (unpaired) electrons. The summed E-state index contributed by atoms with van der Waals surface area (Å²) in [7, 11) is 0. The Hall–Kier alpha value is -2.15. The van der Waals surface area contributed by atoms with Gasteiger partial charge >= 0.3 is 5.97 Å². The number of aliphatic carboxylic acids is 1. The summed E-state index contributed by atoms with van der Waals surface area (Å²) in [6.07, 6.45) is 18.7. The standard InChI is InChI=1S/C25H38N4O2S/c1-2-3-4-5-6-7-8-9-10-11-12-16-23(32-18-17-24(30)31)20-21-14-13-15-22(19-21)25-26-28-29-27-25/h12-16,19,23H,2-11,17-18,20H2,1H3,(H,30,31)(H,26,27,28,29)/b16-12-. The van der Waals surface area contributed by atoms with Gasteiger partial charge in [0.2, 0.25) is 5.82 Å². The normalized spacial score (nSPS) is 12.4. The number of tetrazole rings is 1.